The fourth-order valence-corrected chi connectivity index (χ4v) is 6.26. The Morgan fingerprint density at radius 2 is 1.24 bits per heavy atom. The van der Waals surface area contributed by atoms with Crippen LogP contribution in [-0.4, -0.2) is 12.1 Å². The minimum Gasteiger partial charge on any atom is -0.365 e. The van der Waals surface area contributed by atoms with Crippen LogP contribution in [0.5, 0.6) is 0 Å². The van der Waals surface area contributed by atoms with Crippen molar-refractivity contribution in [3.05, 3.63) is 29.2 Å². The Morgan fingerprint density at radius 1 is 0.793 bits per heavy atom. The van der Waals surface area contributed by atoms with Gasteiger partial charge >= 0.3 is 0 Å². The number of nitrogens with zero attached hydrogens (tertiary/aromatic N) is 2. The van der Waals surface area contributed by atoms with Crippen LogP contribution in [0, 0.1) is 40.4 Å². The molecule has 0 spiro atoms. The molecule has 0 aliphatic heterocycles. The van der Waals surface area contributed by atoms with Crippen molar-refractivity contribution in [3.8, 4) is 0 Å². The van der Waals surface area contributed by atoms with Crippen LogP contribution < -0.4 is 4.90 Å². The first-order valence-corrected chi connectivity index (χ1v) is 12.0. The molecule has 6 unspecified atom stereocenters. The van der Waals surface area contributed by atoms with Crippen LogP contribution in [0.15, 0.2) is 29.4 Å². The highest BCUT2D eigenvalue weighted by atomic mass is 16.3. The third-order valence-corrected chi connectivity index (χ3v) is 7.94. The van der Waals surface area contributed by atoms with Crippen molar-refractivity contribution in [2.45, 2.75) is 92.2 Å². The Morgan fingerprint density at radius 3 is 1.62 bits per heavy atom. The molecule has 1 aromatic carbocycles. The number of rotatable bonds is 6. The Kier molecular flexibility index (Phi) is 7.40. The highest BCUT2D eigenvalue weighted by molar-refractivity contribution is 5.54. The van der Waals surface area contributed by atoms with Crippen molar-refractivity contribution in [2.24, 2.45) is 40.7 Å². The lowest BCUT2D eigenvalue weighted by Gasteiger charge is -2.53. The van der Waals surface area contributed by atoms with E-state index >= 15 is 0 Å². The molecule has 2 fully saturated rings. The fraction of sp³-hybridized carbons (Fsp3) is 0.769. The summed E-state index contributed by atoms with van der Waals surface area (Å²) < 4.78 is 0. The molecule has 0 N–H and O–H groups in total. The molecule has 0 bridgehead atoms. The molecule has 0 radical (unpaired) electrons. The van der Waals surface area contributed by atoms with E-state index in [9.17, 15) is 4.91 Å². The average Bonchev–Trinajstić information content (AvgIpc) is 2.68. The summed E-state index contributed by atoms with van der Waals surface area (Å²) in [6.45, 7) is 14.5. The molecule has 29 heavy (non-hydrogen) atoms. The second-order valence-corrected chi connectivity index (χ2v) is 10.8. The summed E-state index contributed by atoms with van der Waals surface area (Å²) in [5.74, 6) is 4.44. The van der Waals surface area contributed by atoms with Gasteiger partial charge < -0.3 is 4.90 Å². The van der Waals surface area contributed by atoms with E-state index in [-0.39, 0.29) is 0 Å². The molecule has 2 saturated carbocycles. The summed E-state index contributed by atoms with van der Waals surface area (Å²) in [6.07, 6.45) is 7.95. The minimum atomic E-state index is 0.531. The number of hydrogen-bond donors (Lipinski definition) is 0. The summed E-state index contributed by atoms with van der Waals surface area (Å²) in [7, 11) is 0. The van der Waals surface area contributed by atoms with Gasteiger partial charge in [0.2, 0.25) is 0 Å². The first-order chi connectivity index (χ1) is 13.8. The van der Waals surface area contributed by atoms with E-state index in [0.29, 0.717) is 29.6 Å². The van der Waals surface area contributed by atoms with Crippen molar-refractivity contribution in [1.82, 2.24) is 0 Å². The van der Waals surface area contributed by atoms with Gasteiger partial charge in [0.1, 0.15) is 5.69 Å². The fourth-order valence-electron chi connectivity index (χ4n) is 6.26. The first-order valence-electron chi connectivity index (χ1n) is 12.0. The standard InChI is InChI=1S/C26H42N2O/c1-17(2)23-13-7-19(5)15-25(23)28(22-11-9-21(27-29)10-12-22)26-16-20(6)8-14-24(26)18(3)4/h9-12,17-20,23-26H,7-8,13-16H2,1-6H3. The van der Waals surface area contributed by atoms with Gasteiger partial charge in [-0.1, -0.05) is 54.4 Å². The third-order valence-electron chi connectivity index (χ3n) is 7.94. The lowest BCUT2D eigenvalue weighted by molar-refractivity contribution is 0.136. The lowest BCUT2D eigenvalue weighted by Crippen LogP contribution is -2.55. The maximum absolute atomic E-state index is 11.0. The maximum Gasteiger partial charge on any atom is 0.108 e. The largest absolute Gasteiger partial charge is 0.365 e. The summed E-state index contributed by atoms with van der Waals surface area (Å²) in [5.41, 5.74) is 1.83. The molecule has 0 saturated heterocycles. The predicted octanol–water partition coefficient (Wildman–Crippen LogP) is 7.81. The zero-order chi connectivity index (χ0) is 21.1. The molecular formula is C26H42N2O. The Balaban J connectivity index is 2.05. The SMILES string of the molecule is CC1CCC(C(C)C)C(N(c2ccc(N=O)cc2)C2CC(C)CCC2C(C)C)C1. The lowest BCUT2D eigenvalue weighted by atomic mass is 9.69. The molecule has 0 heterocycles. The quantitative estimate of drug-likeness (QED) is 0.458. The minimum absolute atomic E-state index is 0.531. The van der Waals surface area contributed by atoms with Gasteiger partial charge in [0, 0.05) is 17.8 Å². The van der Waals surface area contributed by atoms with Gasteiger partial charge in [0.25, 0.3) is 0 Å². The van der Waals surface area contributed by atoms with E-state index in [1.165, 1.54) is 44.2 Å². The van der Waals surface area contributed by atoms with E-state index in [1.807, 2.05) is 12.1 Å². The molecule has 3 nitrogen and oxygen atoms in total. The number of nitroso groups, excluding NO2 is 1. The average molecular weight is 399 g/mol. The molecular weight excluding hydrogens is 356 g/mol. The van der Waals surface area contributed by atoms with Crippen LogP contribution in [0.2, 0.25) is 0 Å². The van der Waals surface area contributed by atoms with Crippen molar-refractivity contribution in [3.63, 3.8) is 0 Å². The zero-order valence-electron chi connectivity index (χ0n) is 19.5. The van der Waals surface area contributed by atoms with Gasteiger partial charge in [-0.3, -0.25) is 0 Å². The van der Waals surface area contributed by atoms with Gasteiger partial charge in [-0.25, -0.2) is 0 Å². The molecule has 6 atom stereocenters. The van der Waals surface area contributed by atoms with E-state index in [2.05, 4.69) is 63.8 Å². The zero-order valence-corrected chi connectivity index (χ0v) is 19.5. The number of hydrogen-bond acceptors (Lipinski definition) is 3. The van der Waals surface area contributed by atoms with Crippen molar-refractivity contribution < 1.29 is 0 Å². The third kappa shape index (κ3) is 5.03. The van der Waals surface area contributed by atoms with Crippen LogP contribution in [0.4, 0.5) is 11.4 Å². The van der Waals surface area contributed by atoms with Gasteiger partial charge in [-0.2, -0.15) is 0 Å². The van der Waals surface area contributed by atoms with Crippen molar-refractivity contribution >= 4 is 11.4 Å². The van der Waals surface area contributed by atoms with Gasteiger partial charge in [0.15, 0.2) is 0 Å². The second kappa shape index (κ2) is 9.62. The van der Waals surface area contributed by atoms with Gasteiger partial charge in [-0.05, 0) is 90.6 Å². The highest BCUT2D eigenvalue weighted by Crippen LogP contribution is 2.45. The molecule has 2 aliphatic carbocycles. The van der Waals surface area contributed by atoms with E-state index in [1.54, 1.807) is 0 Å². The molecule has 0 amide bonds. The van der Waals surface area contributed by atoms with Crippen molar-refractivity contribution in [2.75, 3.05) is 4.90 Å². The molecule has 2 aliphatic rings. The Bertz CT molecular complexity index is 621. The summed E-state index contributed by atoms with van der Waals surface area (Å²) in [5, 5.41) is 3.14. The first kappa shape index (κ1) is 22.3. The topological polar surface area (TPSA) is 32.7 Å². The highest BCUT2D eigenvalue weighted by Gasteiger charge is 2.42. The number of anilines is 1. The van der Waals surface area contributed by atoms with Crippen LogP contribution >= 0.6 is 0 Å². The molecule has 1 aromatic rings. The summed E-state index contributed by atoms with van der Waals surface area (Å²) in [4.78, 5) is 13.8. The van der Waals surface area contributed by atoms with Crippen LogP contribution in [-0.2, 0) is 0 Å². The van der Waals surface area contributed by atoms with Crippen molar-refractivity contribution in [1.29, 1.82) is 0 Å². The summed E-state index contributed by atoms with van der Waals surface area (Å²) in [6, 6.07) is 9.30. The van der Waals surface area contributed by atoms with Crippen LogP contribution in [0.1, 0.15) is 80.1 Å². The second-order valence-electron chi connectivity index (χ2n) is 10.8. The van der Waals surface area contributed by atoms with E-state index < -0.39 is 0 Å². The van der Waals surface area contributed by atoms with Crippen LogP contribution in [0.25, 0.3) is 0 Å². The summed E-state index contributed by atoms with van der Waals surface area (Å²) >= 11 is 0. The Labute approximate surface area is 178 Å². The monoisotopic (exact) mass is 398 g/mol. The Hall–Kier alpha value is -1.38. The maximum atomic E-state index is 11.0. The van der Waals surface area contributed by atoms with Gasteiger partial charge in [-0.15, -0.1) is 4.91 Å². The number of benzene rings is 1. The van der Waals surface area contributed by atoms with Crippen LogP contribution in [0.3, 0.4) is 0 Å². The molecule has 3 heteroatoms. The smallest absolute Gasteiger partial charge is 0.108 e. The van der Waals surface area contributed by atoms with Gasteiger partial charge in [0.05, 0.1) is 0 Å². The molecule has 162 valence electrons. The van der Waals surface area contributed by atoms with E-state index in [0.717, 1.165) is 23.7 Å². The molecule has 3 rings (SSSR count). The molecule has 0 aromatic heterocycles. The predicted molar refractivity (Wildman–Crippen MR) is 125 cm³/mol. The normalized spacial score (nSPS) is 33.1. The van der Waals surface area contributed by atoms with E-state index in [4.69, 9.17) is 0 Å².